The number of amides is 1. The third-order valence-corrected chi connectivity index (χ3v) is 4.09. The van der Waals surface area contributed by atoms with E-state index in [4.69, 9.17) is 28.9 Å². The van der Waals surface area contributed by atoms with Gasteiger partial charge in [-0.15, -0.1) is 0 Å². The number of anilines is 2. The van der Waals surface area contributed by atoms with E-state index < -0.39 is 11.7 Å². The first-order valence-corrected chi connectivity index (χ1v) is 7.69. The quantitative estimate of drug-likeness (QED) is 0.636. The van der Waals surface area contributed by atoms with Gasteiger partial charge in [-0.25, -0.2) is 9.78 Å². The van der Waals surface area contributed by atoms with Gasteiger partial charge < -0.3 is 10.5 Å². The van der Waals surface area contributed by atoms with Gasteiger partial charge in [0.2, 0.25) is 11.9 Å². The fourth-order valence-electron chi connectivity index (χ4n) is 2.24. The van der Waals surface area contributed by atoms with E-state index in [9.17, 15) is 9.59 Å². The van der Waals surface area contributed by atoms with Crippen LogP contribution in [0, 0.1) is 0 Å². The van der Waals surface area contributed by atoms with Crippen LogP contribution in [0.25, 0.3) is 11.2 Å². The molecule has 0 bridgehead atoms. The summed E-state index contributed by atoms with van der Waals surface area (Å²) in [5.74, 6) is 0.00827. The van der Waals surface area contributed by atoms with E-state index in [2.05, 4.69) is 25.0 Å². The highest BCUT2D eigenvalue weighted by atomic mass is 35.5. The molecule has 0 aliphatic carbocycles. The normalized spacial score (nSPS) is 10.8. The van der Waals surface area contributed by atoms with Gasteiger partial charge in [-0.3, -0.25) is 19.7 Å². The van der Waals surface area contributed by atoms with Crippen LogP contribution in [0.5, 0.6) is 0 Å². The smallest absolute Gasteiger partial charge is 0.413 e. The van der Waals surface area contributed by atoms with Gasteiger partial charge in [0.05, 0.1) is 23.7 Å². The number of H-pyrrole nitrogens is 1. The SMILES string of the molecule is COC(=O)Nc1nc2c(=O)[nH]c(N)nc2n1Cc1ccc(Cl)c(Cl)c1. The zero-order chi connectivity index (χ0) is 18.1. The molecule has 3 rings (SSSR count). The lowest BCUT2D eigenvalue weighted by molar-refractivity contribution is 0.186. The van der Waals surface area contributed by atoms with Crippen molar-refractivity contribution in [2.45, 2.75) is 6.54 Å². The maximum atomic E-state index is 12.0. The van der Waals surface area contributed by atoms with E-state index in [1.54, 1.807) is 18.2 Å². The molecule has 0 atom stereocenters. The molecule has 9 nitrogen and oxygen atoms in total. The number of ether oxygens (including phenoxy) is 1. The van der Waals surface area contributed by atoms with Crippen molar-refractivity contribution in [3.8, 4) is 0 Å². The molecular formula is C14H12Cl2N6O3. The Labute approximate surface area is 150 Å². The molecule has 0 fully saturated rings. The standard InChI is InChI=1S/C14H12Cl2N6O3/c1-25-14(24)21-13-18-9-10(19-12(17)20-11(9)23)22(13)5-6-2-3-7(15)8(16)4-6/h2-4H,5H2,1H3,(H,18,21,24)(H3,17,19,20,23). The molecule has 0 aliphatic heterocycles. The van der Waals surface area contributed by atoms with Crippen LogP contribution in [0.3, 0.4) is 0 Å². The van der Waals surface area contributed by atoms with E-state index in [0.717, 1.165) is 5.56 Å². The fourth-order valence-corrected chi connectivity index (χ4v) is 2.56. The van der Waals surface area contributed by atoms with Crippen LogP contribution in [0.1, 0.15) is 5.56 Å². The number of nitrogen functional groups attached to an aromatic ring is 1. The first-order chi connectivity index (χ1) is 11.9. The van der Waals surface area contributed by atoms with Gasteiger partial charge in [0, 0.05) is 0 Å². The van der Waals surface area contributed by atoms with Gasteiger partial charge in [-0.1, -0.05) is 29.3 Å². The van der Waals surface area contributed by atoms with Gasteiger partial charge in [0.25, 0.3) is 5.56 Å². The summed E-state index contributed by atoms with van der Waals surface area (Å²) in [6.45, 7) is 0.211. The summed E-state index contributed by atoms with van der Waals surface area (Å²) < 4.78 is 6.08. The van der Waals surface area contributed by atoms with Crippen molar-refractivity contribution < 1.29 is 9.53 Å². The van der Waals surface area contributed by atoms with Crippen molar-refractivity contribution in [1.29, 1.82) is 0 Å². The molecule has 0 unspecified atom stereocenters. The maximum Gasteiger partial charge on any atom is 0.413 e. The molecule has 0 saturated carbocycles. The van der Waals surface area contributed by atoms with Gasteiger partial charge in [-0.2, -0.15) is 4.98 Å². The molecule has 1 amide bonds. The number of hydrogen-bond donors (Lipinski definition) is 3. The van der Waals surface area contributed by atoms with Gasteiger partial charge in [-0.05, 0) is 17.7 Å². The Hall–Kier alpha value is -2.78. The highest BCUT2D eigenvalue weighted by Crippen LogP contribution is 2.25. The highest BCUT2D eigenvalue weighted by Gasteiger charge is 2.18. The lowest BCUT2D eigenvalue weighted by Gasteiger charge is -2.10. The predicted molar refractivity (Wildman–Crippen MR) is 94.2 cm³/mol. The molecular weight excluding hydrogens is 371 g/mol. The zero-order valence-electron chi connectivity index (χ0n) is 12.8. The molecule has 0 radical (unpaired) electrons. The largest absolute Gasteiger partial charge is 0.453 e. The Balaban J connectivity index is 2.15. The maximum absolute atomic E-state index is 12.0. The van der Waals surface area contributed by atoms with Crippen molar-refractivity contribution in [2.75, 3.05) is 18.2 Å². The molecule has 2 heterocycles. The van der Waals surface area contributed by atoms with E-state index in [-0.39, 0.29) is 29.6 Å². The summed E-state index contributed by atoms with van der Waals surface area (Å²) in [6.07, 6.45) is -0.741. The van der Waals surface area contributed by atoms with Crippen LogP contribution in [0.2, 0.25) is 10.0 Å². The van der Waals surface area contributed by atoms with Gasteiger partial charge in [0.15, 0.2) is 11.2 Å². The molecule has 2 aromatic heterocycles. The number of nitrogens with two attached hydrogens (primary N) is 1. The summed E-state index contributed by atoms with van der Waals surface area (Å²) in [4.78, 5) is 34.2. The van der Waals surface area contributed by atoms with E-state index in [1.165, 1.54) is 11.7 Å². The molecule has 130 valence electrons. The molecule has 3 aromatic rings. The number of hydrogen-bond acceptors (Lipinski definition) is 6. The third-order valence-electron chi connectivity index (χ3n) is 3.35. The van der Waals surface area contributed by atoms with Crippen LogP contribution in [-0.2, 0) is 11.3 Å². The number of rotatable bonds is 3. The number of halogens is 2. The average Bonchev–Trinajstić information content (AvgIpc) is 2.89. The number of benzene rings is 1. The highest BCUT2D eigenvalue weighted by molar-refractivity contribution is 6.42. The molecule has 0 saturated heterocycles. The molecule has 1 aromatic carbocycles. The number of aromatic nitrogens is 4. The molecule has 4 N–H and O–H groups in total. The predicted octanol–water partition coefficient (Wildman–Crippen LogP) is 2.24. The number of fused-ring (bicyclic) bond motifs is 1. The number of imidazole rings is 1. The van der Waals surface area contributed by atoms with Crippen molar-refractivity contribution in [3.63, 3.8) is 0 Å². The monoisotopic (exact) mass is 382 g/mol. The number of nitrogens with zero attached hydrogens (tertiary/aromatic N) is 3. The minimum absolute atomic E-state index is 0.0284. The van der Waals surface area contributed by atoms with Crippen LogP contribution in [0.4, 0.5) is 16.7 Å². The summed E-state index contributed by atoms with van der Waals surface area (Å²) in [5.41, 5.74) is 6.07. The summed E-state index contributed by atoms with van der Waals surface area (Å²) >= 11 is 12.0. The first-order valence-electron chi connectivity index (χ1n) is 6.94. The number of carbonyl (C=O) groups excluding carboxylic acids is 1. The minimum atomic E-state index is -0.741. The average molecular weight is 383 g/mol. The fraction of sp³-hybridized carbons (Fsp3) is 0.143. The number of methoxy groups -OCH3 is 1. The Morgan fingerprint density at radius 1 is 1.36 bits per heavy atom. The third kappa shape index (κ3) is 3.37. The van der Waals surface area contributed by atoms with E-state index in [1.807, 2.05) is 0 Å². The van der Waals surface area contributed by atoms with Crippen molar-refractivity contribution in [2.24, 2.45) is 0 Å². The van der Waals surface area contributed by atoms with Crippen molar-refractivity contribution in [3.05, 3.63) is 44.2 Å². The second-order valence-electron chi connectivity index (χ2n) is 5.01. The summed E-state index contributed by atoms with van der Waals surface area (Å²) in [6, 6.07) is 5.05. The first kappa shape index (κ1) is 17.1. The Morgan fingerprint density at radius 2 is 2.12 bits per heavy atom. The van der Waals surface area contributed by atoms with Crippen molar-refractivity contribution >= 4 is 52.4 Å². The summed E-state index contributed by atoms with van der Waals surface area (Å²) in [5, 5.41) is 3.22. The van der Waals surface area contributed by atoms with Crippen LogP contribution in [-0.4, -0.2) is 32.7 Å². The number of carbonyl (C=O) groups is 1. The number of aromatic amines is 1. The number of nitrogens with one attached hydrogen (secondary N) is 2. The second kappa shape index (κ2) is 6.61. The van der Waals surface area contributed by atoms with Crippen LogP contribution in [0.15, 0.2) is 23.0 Å². The van der Waals surface area contributed by atoms with E-state index >= 15 is 0 Å². The second-order valence-corrected chi connectivity index (χ2v) is 5.82. The Kier molecular flexibility index (Phi) is 4.51. The van der Waals surface area contributed by atoms with Gasteiger partial charge >= 0.3 is 6.09 Å². The van der Waals surface area contributed by atoms with Crippen molar-refractivity contribution in [1.82, 2.24) is 19.5 Å². The zero-order valence-corrected chi connectivity index (χ0v) is 14.4. The van der Waals surface area contributed by atoms with Crippen LogP contribution < -0.4 is 16.6 Å². The Morgan fingerprint density at radius 3 is 2.80 bits per heavy atom. The lowest BCUT2D eigenvalue weighted by Crippen LogP contribution is -2.16. The summed E-state index contributed by atoms with van der Waals surface area (Å²) in [7, 11) is 1.21. The van der Waals surface area contributed by atoms with E-state index in [0.29, 0.717) is 10.0 Å². The topological polar surface area (TPSA) is 128 Å². The minimum Gasteiger partial charge on any atom is -0.453 e. The molecule has 25 heavy (non-hydrogen) atoms. The Bertz CT molecular complexity index is 1030. The molecule has 0 aliphatic rings. The molecule has 11 heteroatoms. The van der Waals surface area contributed by atoms with Gasteiger partial charge in [0.1, 0.15) is 0 Å². The van der Waals surface area contributed by atoms with Crippen LogP contribution >= 0.6 is 23.2 Å². The molecule has 0 spiro atoms. The lowest BCUT2D eigenvalue weighted by atomic mass is 10.2.